The van der Waals surface area contributed by atoms with Gasteiger partial charge in [-0.2, -0.15) is 0 Å². The number of hydrogen-bond donors (Lipinski definition) is 2. The van der Waals surface area contributed by atoms with Gasteiger partial charge in [0.25, 0.3) is 5.91 Å². The Labute approximate surface area is 170 Å². The zero-order chi connectivity index (χ0) is 20.6. The van der Waals surface area contributed by atoms with E-state index in [1.54, 1.807) is 49.6 Å². The Kier molecular flexibility index (Phi) is 7.08. The summed E-state index contributed by atoms with van der Waals surface area (Å²) in [5, 5.41) is 5.67. The Balaban J connectivity index is 1.69. The van der Waals surface area contributed by atoms with E-state index in [4.69, 9.17) is 14.2 Å². The molecule has 1 fully saturated rings. The second-order valence-electron chi connectivity index (χ2n) is 6.81. The molecule has 0 aliphatic carbocycles. The third-order valence-corrected chi connectivity index (χ3v) is 4.77. The first kappa shape index (κ1) is 20.7. The van der Waals surface area contributed by atoms with Crippen LogP contribution in [0.3, 0.4) is 0 Å². The predicted molar refractivity (Wildman–Crippen MR) is 111 cm³/mol. The highest BCUT2D eigenvalue weighted by atomic mass is 16.5. The molecule has 2 N–H and O–H groups in total. The zero-order valence-corrected chi connectivity index (χ0v) is 16.7. The van der Waals surface area contributed by atoms with Crippen molar-refractivity contribution in [2.75, 3.05) is 31.5 Å². The van der Waals surface area contributed by atoms with Gasteiger partial charge in [-0.3, -0.25) is 9.59 Å². The van der Waals surface area contributed by atoms with Crippen LogP contribution in [0, 0.1) is 0 Å². The fourth-order valence-corrected chi connectivity index (χ4v) is 3.28. The molecule has 1 heterocycles. The largest absolute Gasteiger partial charge is 0.493 e. The van der Waals surface area contributed by atoms with Gasteiger partial charge in [0.15, 0.2) is 11.5 Å². The molecule has 0 aromatic heterocycles. The number of methoxy groups -OCH3 is 2. The molecule has 29 heavy (non-hydrogen) atoms. The molecule has 1 saturated heterocycles. The third kappa shape index (κ3) is 5.48. The van der Waals surface area contributed by atoms with E-state index in [9.17, 15) is 9.59 Å². The monoisotopic (exact) mass is 398 g/mol. The van der Waals surface area contributed by atoms with Crippen molar-refractivity contribution < 1.29 is 23.8 Å². The summed E-state index contributed by atoms with van der Waals surface area (Å²) in [6.45, 7) is 0.697. The van der Waals surface area contributed by atoms with Gasteiger partial charge in [-0.25, -0.2) is 0 Å². The minimum Gasteiger partial charge on any atom is -0.493 e. The molecule has 1 atom stereocenters. The fraction of sp³-hybridized carbons (Fsp3) is 0.364. The van der Waals surface area contributed by atoms with Crippen LogP contribution in [-0.4, -0.2) is 38.7 Å². The molecule has 0 spiro atoms. The minimum absolute atomic E-state index is 0.0588. The van der Waals surface area contributed by atoms with Crippen molar-refractivity contribution in [2.24, 2.45) is 0 Å². The van der Waals surface area contributed by atoms with Gasteiger partial charge in [-0.1, -0.05) is 12.1 Å². The van der Waals surface area contributed by atoms with Gasteiger partial charge in [0.05, 0.1) is 38.0 Å². The highest BCUT2D eigenvalue weighted by Gasteiger charge is 2.19. The lowest BCUT2D eigenvalue weighted by Gasteiger charge is -2.22. The second kappa shape index (κ2) is 9.93. The van der Waals surface area contributed by atoms with Crippen molar-refractivity contribution in [3.63, 3.8) is 0 Å². The van der Waals surface area contributed by atoms with Crippen LogP contribution in [0.25, 0.3) is 0 Å². The van der Waals surface area contributed by atoms with Crippen LogP contribution in [0.15, 0.2) is 42.5 Å². The maximum absolute atomic E-state index is 12.8. The van der Waals surface area contributed by atoms with Gasteiger partial charge < -0.3 is 24.8 Å². The Morgan fingerprint density at radius 2 is 1.83 bits per heavy atom. The lowest BCUT2D eigenvalue weighted by Crippen LogP contribution is -2.26. The molecular formula is C22H26N2O5. The van der Waals surface area contributed by atoms with E-state index < -0.39 is 0 Å². The standard InChI is InChI=1S/C22H26N2O5/c1-27-19-11-10-15(13-20(19)28-2)23-22(26)17-8-3-4-9-18(17)24-21(25)14-16-7-5-6-12-29-16/h3-4,8-11,13,16H,5-7,12,14H2,1-2H3,(H,23,26)(H,24,25). The van der Waals surface area contributed by atoms with Crippen LogP contribution in [-0.2, 0) is 9.53 Å². The molecule has 0 bridgehead atoms. The molecule has 0 radical (unpaired) electrons. The highest BCUT2D eigenvalue weighted by molar-refractivity contribution is 6.10. The van der Waals surface area contributed by atoms with Crippen LogP contribution < -0.4 is 20.1 Å². The number of carbonyl (C=O) groups is 2. The normalized spacial score (nSPS) is 16.0. The summed E-state index contributed by atoms with van der Waals surface area (Å²) in [5.41, 5.74) is 1.40. The Hall–Kier alpha value is -3.06. The summed E-state index contributed by atoms with van der Waals surface area (Å²) < 4.78 is 16.1. The number of carbonyl (C=O) groups excluding carboxylic acids is 2. The van der Waals surface area contributed by atoms with Gasteiger partial charge in [0, 0.05) is 18.4 Å². The molecule has 1 aliphatic heterocycles. The van der Waals surface area contributed by atoms with E-state index >= 15 is 0 Å². The first-order valence-electron chi connectivity index (χ1n) is 9.64. The number of ether oxygens (including phenoxy) is 3. The zero-order valence-electron chi connectivity index (χ0n) is 16.7. The number of hydrogen-bond acceptors (Lipinski definition) is 5. The molecule has 1 unspecified atom stereocenters. The number of rotatable bonds is 7. The van der Waals surface area contributed by atoms with Crippen LogP contribution in [0.5, 0.6) is 11.5 Å². The van der Waals surface area contributed by atoms with Crippen LogP contribution in [0.2, 0.25) is 0 Å². The molecule has 2 amide bonds. The number of benzene rings is 2. The molecule has 1 aliphatic rings. The Morgan fingerprint density at radius 1 is 1.03 bits per heavy atom. The summed E-state index contributed by atoms with van der Waals surface area (Å²) in [6.07, 6.45) is 3.22. The van der Waals surface area contributed by atoms with E-state index in [0.717, 1.165) is 19.3 Å². The van der Waals surface area contributed by atoms with Crippen LogP contribution in [0.1, 0.15) is 36.0 Å². The minimum atomic E-state index is -0.331. The second-order valence-corrected chi connectivity index (χ2v) is 6.81. The van der Waals surface area contributed by atoms with Gasteiger partial charge in [-0.05, 0) is 43.5 Å². The molecule has 3 rings (SSSR count). The lowest BCUT2D eigenvalue weighted by atomic mass is 10.1. The summed E-state index contributed by atoms with van der Waals surface area (Å²) in [7, 11) is 3.08. The summed E-state index contributed by atoms with van der Waals surface area (Å²) >= 11 is 0. The van der Waals surface area contributed by atoms with Gasteiger partial charge in [0.1, 0.15) is 0 Å². The topological polar surface area (TPSA) is 85.9 Å². The first-order valence-corrected chi connectivity index (χ1v) is 9.64. The van der Waals surface area contributed by atoms with Crippen molar-refractivity contribution in [3.05, 3.63) is 48.0 Å². The van der Waals surface area contributed by atoms with Crippen molar-refractivity contribution >= 4 is 23.2 Å². The Bertz CT molecular complexity index is 862. The van der Waals surface area contributed by atoms with Crippen molar-refractivity contribution in [2.45, 2.75) is 31.8 Å². The molecular weight excluding hydrogens is 372 g/mol. The van der Waals surface area contributed by atoms with E-state index in [0.29, 0.717) is 35.0 Å². The molecule has 154 valence electrons. The quantitative estimate of drug-likeness (QED) is 0.740. The molecule has 0 saturated carbocycles. The number of para-hydroxylation sites is 1. The van der Waals surface area contributed by atoms with Gasteiger partial charge in [0.2, 0.25) is 5.91 Å². The maximum Gasteiger partial charge on any atom is 0.257 e. The van der Waals surface area contributed by atoms with Gasteiger partial charge in [-0.15, -0.1) is 0 Å². The molecule has 7 heteroatoms. The molecule has 2 aromatic carbocycles. The third-order valence-electron chi connectivity index (χ3n) is 4.77. The van der Waals surface area contributed by atoms with Crippen molar-refractivity contribution in [1.82, 2.24) is 0 Å². The fourth-order valence-electron chi connectivity index (χ4n) is 3.28. The van der Waals surface area contributed by atoms with E-state index in [-0.39, 0.29) is 24.3 Å². The number of nitrogens with one attached hydrogen (secondary N) is 2. The van der Waals surface area contributed by atoms with E-state index in [1.165, 1.54) is 7.11 Å². The average Bonchev–Trinajstić information content (AvgIpc) is 2.74. The van der Waals surface area contributed by atoms with Crippen molar-refractivity contribution in [3.8, 4) is 11.5 Å². The maximum atomic E-state index is 12.8. The smallest absolute Gasteiger partial charge is 0.257 e. The van der Waals surface area contributed by atoms with Crippen LogP contribution >= 0.6 is 0 Å². The highest BCUT2D eigenvalue weighted by Crippen LogP contribution is 2.30. The van der Waals surface area contributed by atoms with Crippen LogP contribution in [0.4, 0.5) is 11.4 Å². The van der Waals surface area contributed by atoms with Crippen molar-refractivity contribution in [1.29, 1.82) is 0 Å². The Morgan fingerprint density at radius 3 is 2.55 bits per heavy atom. The first-order chi connectivity index (χ1) is 14.1. The summed E-state index contributed by atoms with van der Waals surface area (Å²) in [5.74, 6) is 0.591. The number of anilines is 2. The summed E-state index contributed by atoms with van der Waals surface area (Å²) in [6, 6.07) is 12.0. The van der Waals surface area contributed by atoms with E-state index in [1.807, 2.05) is 0 Å². The van der Waals surface area contributed by atoms with Gasteiger partial charge >= 0.3 is 0 Å². The average molecular weight is 398 g/mol. The SMILES string of the molecule is COc1ccc(NC(=O)c2ccccc2NC(=O)CC2CCCCO2)cc1OC. The molecule has 2 aromatic rings. The predicted octanol–water partition coefficient (Wildman–Crippen LogP) is 3.85. The summed E-state index contributed by atoms with van der Waals surface area (Å²) in [4.78, 5) is 25.2. The number of amides is 2. The lowest BCUT2D eigenvalue weighted by molar-refractivity contribution is -0.119. The van der Waals surface area contributed by atoms with E-state index in [2.05, 4.69) is 10.6 Å². The molecule has 7 nitrogen and oxygen atoms in total.